The summed E-state index contributed by atoms with van der Waals surface area (Å²) >= 11 is 15.4. The van der Waals surface area contributed by atoms with Crippen molar-refractivity contribution in [3.05, 3.63) is 12.3 Å². The van der Waals surface area contributed by atoms with Gasteiger partial charge in [0, 0.05) is 6.08 Å². The van der Waals surface area contributed by atoms with Crippen LogP contribution in [0.1, 0.15) is 0 Å². The molecular formula is C3H3Cl3O. The first-order valence-electron chi connectivity index (χ1n) is 1.45. The van der Waals surface area contributed by atoms with Gasteiger partial charge in [-0.15, -0.1) is 0 Å². The van der Waals surface area contributed by atoms with Crippen LogP contribution in [0.3, 0.4) is 0 Å². The molecule has 1 nitrogen and oxygen atoms in total. The molecule has 0 aromatic rings. The Hall–Kier alpha value is 0.410. The summed E-state index contributed by atoms with van der Waals surface area (Å²) in [6, 6.07) is 0. The van der Waals surface area contributed by atoms with E-state index < -0.39 is 3.79 Å². The summed E-state index contributed by atoms with van der Waals surface area (Å²) in [5, 5.41) is 7.97. The van der Waals surface area contributed by atoms with E-state index in [1.165, 1.54) is 0 Å². The molecule has 0 radical (unpaired) electrons. The van der Waals surface area contributed by atoms with Crippen LogP contribution in [0.15, 0.2) is 12.3 Å². The molecule has 0 aromatic heterocycles. The minimum absolute atomic E-state index is 0.688. The summed E-state index contributed by atoms with van der Waals surface area (Å²) in [5.41, 5.74) is 0. The zero-order valence-electron chi connectivity index (χ0n) is 3.24. The Morgan fingerprint density at radius 2 is 1.71 bits per heavy atom. The van der Waals surface area contributed by atoms with E-state index in [1.54, 1.807) is 0 Å². The minimum Gasteiger partial charge on any atom is -0.516 e. The summed E-state index contributed by atoms with van der Waals surface area (Å²) in [7, 11) is 0. The highest BCUT2D eigenvalue weighted by molar-refractivity contribution is 6.68. The van der Waals surface area contributed by atoms with Crippen LogP contribution in [-0.2, 0) is 0 Å². The fraction of sp³-hybridized carbons (Fsp3) is 0.333. The third-order valence-electron chi connectivity index (χ3n) is 0.264. The average molecular weight is 161 g/mol. The molecule has 0 spiro atoms. The van der Waals surface area contributed by atoms with Crippen molar-refractivity contribution in [3.8, 4) is 0 Å². The first kappa shape index (κ1) is 7.41. The average Bonchev–Trinajstić information content (AvgIpc) is 1.30. The van der Waals surface area contributed by atoms with Gasteiger partial charge in [0.2, 0.25) is 3.79 Å². The molecule has 0 amide bonds. The van der Waals surface area contributed by atoms with Crippen molar-refractivity contribution in [1.29, 1.82) is 0 Å². The summed E-state index contributed by atoms with van der Waals surface area (Å²) in [5.74, 6) is 0. The Kier molecular flexibility index (Phi) is 2.81. The van der Waals surface area contributed by atoms with Crippen LogP contribution in [0.4, 0.5) is 0 Å². The van der Waals surface area contributed by atoms with Crippen molar-refractivity contribution in [2.45, 2.75) is 3.79 Å². The van der Waals surface area contributed by atoms with Crippen molar-refractivity contribution >= 4 is 34.8 Å². The zero-order chi connectivity index (χ0) is 5.91. The molecule has 0 heterocycles. The van der Waals surface area contributed by atoms with Crippen LogP contribution in [0, 0.1) is 0 Å². The van der Waals surface area contributed by atoms with Gasteiger partial charge in [-0.3, -0.25) is 0 Å². The highest BCUT2D eigenvalue weighted by Gasteiger charge is 2.13. The van der Waals surface area contributed by atoms with Gasteiger partial charge in [0.1, 0.15) is 0 Å². The first-order chi connectivity index (χ1) is 3.06. The Balaban J connectivity index is 3.56. The fourth-order valence-electron chi connectivity index (χ4n) is 0.0845. The van der Waals surface area contributed by atoms with Crippen LogP contribution in [0.5, 0.6) is 0 Å². The number of aliphatic hydroxyl groups is 1. The topological polar surface area (TPSA) is 20.2 Å². The van der Waals surface area contributed by atoms with Crippen molar-refractivity contribution in [2.75, 3.05) is 0 Å². The van der Waals surface area contributed by atoms with Gasteiger partial charge in [-0.2, -0.15) is 0 Å². The third kappa shape index (κ3) is 6.41. The lowest BCUT2D eigenvalue weighted by atomic mass is 10.7. The molecule has 0 bridgehead atoms. The summed E-state index contributed by atoms with van der Waals surface area (Å²) in [6.45, 7) is 0. The Morgan fingerprint density at radius 1 is 1.29 bits per heavy atom. The number of allylic oxidation sites excluding steroid dienone is 1. The number of rotatable bonds is 0. The largest absolute Gasteiger partial charge is 0.516 e. The monoisotopic (exact) mass is 160 g/mol. The number of hydrogen-bond acceptors (Lipinski definition) is 1. The van der Waals surface area contributed by atoms with E-state index in [0.29, 0.717) is 6.26 Å². The van der Waals surface area contributed by atoms with Crippen molar-refractivity contribution in [2.24, 2.45) is 0 Å². The molecule has 0 saturated carbocycles. The predicted octanol–water partition coefficient (Wildman–Crippen LogP) is 2.43. The standard InChI is InChI=1S/C3H3Cl3O/c4-3(5,6)1-2-7/h1-2,7H. The normalized spacial score (nSPS) is 13.0. The zero-order valence-corrected chi connectivity index (χ0v) is 5.50. The fourth-order valence-corrected chi connectivity index (χ4v) is 0.254. The lowest BCUT2D eigenvalue weighted by Gasteiger charge is -1.98. The molecule has 0 unspecified atom stereocenters. The SMILES string of the molecule is OC=CC(Cl)(Cl)Cl. The maximum atomic E-state index is 7.97. The second-order valence-electron chi connectivity index (χ2n) is 0.857. The van der Waals surface area contributed by atoms with Gasteiger partial charge in [-0.05, 0) is 0 Å². The van der Waals surface area contributed by atoms with Crippen LogP contribution in [0.25, 0.3) is 0 Å². The van der Waals surface area contributed by atoms with E-state index in [1.807, 2.05) is 0 Å². The predicted molar refractivity (Wildman–Crippen MR) is 32.1 cm³/mol. The van der Waals surface area contributed by atoms with Gasteiger partial charge in [-0.1, -0.05) is 34.8 Å². The van der Waals surface area contributed by atoms with Gasteiger partial charge in [0.25, 0.3) is 0 Å². The van der Waals surface area contributed by atoms with E-state index in [4.69, 9.17) is 39.9 Å². The highest BCUT2D eigenvalue weighted by atomic mass is 35.6. The maximum absolute atomic E-state index is 7.97. The molecule has 0 aliphatic carbocycles. The number of hydrogen-bond donors (Lipinski definition) is 1. The van der Waals surface area contributed by atoms with Crippen molar-refractivity contribution in [3.63, 3.8) is 0 Å². The van der Waals surface area contributed by atoms with E-state index in [0.717, 1.165) is 6.08 Å². The third-order valence-corrected chi connectivity index (χ3v) is 0.641. The second kappa shape index (κ2) is 2.65. The summed E-state index contributed by atoms with van der Waals surface area (Å²) in [4.78, 5) is 0. The van der Waals surface area contributed by atoms with Crippen LogP contribution in [0.2, 0.25) is 0 Å². The molecular weight excluding hydrogens is 158 g/mol. The maximum Gasteiger partial charge on any atom is 0.212 e. The first-order valence-corrected chi connectivity index (χ1v) is 2.58. The highest BCUT2D eigenvalue weighted by Crippen LogP contribution is 2.26. The smallest absolute Gasteiger partial charge is 0.212 e. The van der Waals surface area contributed by atoms with Gasteiger partial charge in [-0.25, -0.2) is 0 Å². The molecule has 0 fully saturated rings. The quantitative estimate of drug-likeness (QED) is 0.427. The Morgan fingerprint density at radius 3 is 1.71 bits per heavy atom. The van der Waals surface area contributed by atoms with E-state index in [-0.39, 0.29) is 0 Å². The minimum atomic E-state index is -1.46. The van der Waals surface area contributed by atoms with E-state index in [9.17, 15) is 0 Å². The second-order valence-corrected chi connectivity index (χ2v) is 3.23. The molecule has 0 aliphatic rings. The molecule has 4 heteroatoms. The number of alkyl halides is 3. The van der Waals surface area contributed by atoms with E-state index >= 15 is 0 Å². The Bertz CT molecular complexity index is 72.7. The Labute approximate surface area is 56.5 Å². The molecule has 0 atom stereocenters. The molecule has 42 valence electrons. The van der Waals surface area contributed by atoms with Crippen LogP contribution < -0.4 is 0 Å². The van der Waals surface area contributed by atoms with Crippen LogP contribution >= 0.6 is 34.8 Å². The van der Waals surface area contributed by atoms with Crippen LogP contribution in [-0.4, -0.2) is 8.90 Å². The van der Waals surface area contributed by atoms with Gasteiger partial charge in [0.15, 0.2) is 0 Å². The van der Waals surface area contributed by atoms with Gasteiger partial charge >= 0.3 is 0 Å². The van der Waals surface area contributed by atoms with Crippen molar-refractivity contribution < 1.29 is 5.11 Å². The molecule has 1 N–H and O–H groups in total. The molecule has 0 saturated heterocycles. The van der Waals surface area contributed by atoms with Gasteiger partial charge in [0.05, 0.1) is 6.26 Å². The van der Waals surface area contributed by atoms with E-state index in [2.05, 4.69) is 0 Å². The molecule has 0 rings (SSSR count). The molecule has 7 heavy (non-hydrogen) atoms. The lowest BCUT2D eigenvalue weighted by Crippen LogP contribution is -1.93. The summed E-state index contributed by atoms with van der Waals surface area (Å²) in [6.07, 6.45) is 1.73. The van der Waals surface area contributed by atoms with Gasteiger partial charge < -0.3 is 5.11 Å². The molecule has 0 aromatic carbocycles. The number of halogens is 3. The lowest BCUT2D eigenvalue weighted by molar-refractivity contribution is 0.472. The number of aliphatic hydroxyl groups excluding tert-OH is 1. The van der Waals surface area contributed by atoms with Crippen molar-refractivity contribution in [1.82, 2.24) is 0 Å². The molecule has 0 aliphatic heterocycles. The summed E-state index contributed by atoms with van der Waals surface area (Å²) < 4.78 is -1.46.